The van der Waals surface area contributed by atoms with Crippen LogP contribution in [0.25, 0.3) is 0 Å². The molecular formula is C21H25FO2S. The largest absolute Gasteiger partial charge is 0.374 e. The lowest BCUT2D eigenvalue weighted by atomic mass is 9.87. The first-order valence-corrected chi connectivity index (χ1v) is 9.66. The molecule has 0 bridgehead atoms. The van der Waals surface area contributed by atoms with Gasteiger partial charge in [-0.15, -0.1) is 0 Å². The minimum atomic E-state index is -1.00. The number of ether oxygens (including phenoxy) is 2. The van der Waals surface area contributed by atoms with E-state index < -0.39 is 12.3 Å². The zero-order valence-electron chi connectivity index (χ0n) is 14.7. The SMILES string of the molecule is CC1[C@@H](C)[C@@H](F)C(COCc2ccccc2)O[C@H]1Sc1ccccc1. The summed E-state index contributed by atoms with van der Waals surface area (Å²) in [5.74, 6) is 0.0888. The van der Waals surface area contributed by atoms with Crippen LogP contribution in [0.15, 0.2) is 65.6 Å². The second kappa shape index (κ2) is 8.84. The highest BCUT2D eigenvalue weighted by molar-refractivity contribution is 7.99. The molecule has 1 fully saturated rings. The minimum Gasteiger partial charge on any atom is -0.374 e. The lowest BCUT2D eigenvalue weighted by Crippen LogP contribution is -2.47. The summed E-state index contributed by atoms with van der Waals surface area (Å²) in [5.41, 5.74) is 1.03. The third kappa shape index (κ3) is 4.84. The summed E-state index contributed by atoms with van der Waals surface area (Å²) in [6.07, 6.45) is -1.52. The van der Waals surface area contributed by atoms with Crippen LogP contribution in [-0.4, -0.2) is 24.3 Å². The molecule has 0 radical (unpaired) electrons. The third-order valence-electron chi connectivity index (χ3n) is 4.81. The van der Waals surface area contributed by atoms with E-state index in [1.165, 1.54) is 0 Å². The van der Waals surface area contributed by atoms with Crippen molar-refractivity contribution in [1.29, 1.82) is 0 Å². The number of rotatable bonds is 6. The van der Waals surface area contributed by atoms with Gasteiger partial charge in [0.1, 0.15) is 17.7 Å². The van der Waals surface area contributed by atoms with Crippen molar-refractivity contribution in [3.8, 4) is 0 Å². The van der Waals surface area contributed by atoms with Gasteiger partial charge in [0, 0.05) is 4.90 Å². The Labute approximate surface area is 153 Å². The monoisotopic (exact) mass is 360 g/mol. The van der Waals surface area contributed by atoms with E-state index in [1.54, 1.807) is 11.8 Å². The average Bonchev–Trinajstić information content (AvgIpc) is 2.65. The molecule has 0 aromatic heterocycles. The van der Waals surface area contributed by atoms with Gasteiger partial charge >= 0.3 is 0 Å². The summed E-state index contributed by atoms with van der Waals surface area (Å²) >= 11 is 1.67. The van der Waals surface area contributed by atoms with Crippen LogP contribution in [0.4, 0.5) is 4.39 Å². The molecule has 1 heterocycles. The zero-order chi connectivity index (χ0) is 17.6. The molecule has 1 saturated heterocycles. The highest BCUT2D eigenvalue weighted by Gasteiger charge is 2.42. The Morgan fingerprint density at radius 3 is 2.28 bits per heavy atom. The van der Waals surface area contributed by atoms with Crippen molar-refractivity contribution in [1.82, 2.24) is 0 Å². The van der Waals surface area contributed by atoms with Crippen molar-refractivity contribution >= 4 is 11.8 Å². The standard InChI is InChI=1S/C21H25FO2S/c1-15-16(2)21(25-18-11-7-4-8-12-18)24-19(20(15)22)14-23-13-17-9-5-3-6-10-17/h3-12,15-16,19-21H,13-14H2,1-2H3/t15-,16?,19?,20-,21+/m1/s1. The Kier molecular flexibility index (Phi) is 6.51. The van der Waals surface area contributed by atoms with Gasteiger partial charge in [-0.25, -0.2) is 4.39 Å². The molecule has 1 aliphatic heterocycles. The van der Waals surface area contributed by atoms with Crippen molar-refractivity contribution in [2.75, 3.05) is 6.61 Å². The molecule has 5 atom stereocenters. The second-order valence-electron chi connectivity index (χ2n) is 6.64. The quantitative estimate of drug-likeness (QED) is 0.694. The maximum Gasteiger partial charge on any atom is 0.131 e. The van der Waals surface area contributed by atoms with Crippen LogP contribution in [-0.2, 0) is 16.1 Å². The Hall–Kier alpha value is -1.36. The Bertz CT molecular complexity index is 637. The minimum absolute atomic E-state index is 0.0553. The second-order valence-corrected chi connectivity index (χ2v) is 7.81. The molecule has 0 spiro atoms. The van der Waals surface area contributed by atoms with Crippen LogP contribution in [0, 0.1) is 11.8 Å². The molecule has 0 saturated carbocycles. The fourth-order valence-corrected chi connectivity index (χ4v) is 4.26. The van der Waals surface area contributed by atoms with Gasteiger partial charge in [0.25, 0.3) is 0 Å². The lowest BCUT2D eigenvalue weighted by molar-refractivity contribution is -0.137. The van der Waals surface area contributed by atoms with Crippen molar-refractivity contribution in [2.24, 2.45) is 11.8 Å². The molecule has 2 aromatic carbocycles. The smallest absolute Gasteiger partial charge is 0.131 e. The van der Waals surface area contributed by atoms with E-state index in [1.807, 2.05) is 55.5 Å². The molecule has 2 nitrogen and oxygen atoms in total. The number of benzene rings is 2. The first-order valence-electron chi connectivity index (χ1n) is 8.78. The Balaban J connectivity index is 1.58. The predicted octanol–water partition coefficient (Wildman–Crippen LogP) is 5.33. The van der Waals surface area contributed by atoms with Crippen LogP contribution in [0.5, 0.6) is 0 Å². The van der Waals surface area contributed by atoms with Crippen LogP contribution in [0.1, 0.15) is 19.4 Å². The van der Waals surface area contributed by atoms with E-state index in [-0.39, 0.29) is 23.9 Å². The lowest BCUT2D eigenvalue weighted by Gasteiger charge is -2.41. The third-order valence-corrected chi connectivity index (χ3v) is 6.13. The molecule has 134 valence electrons. The van der Waals surface area contributed by atoms with E-state index in [4.69, 9.17) is 9.47 Å². The Morgan fingerprint density at radius 1 is 0.960 bits per heavy atom. The normalized spacial score (nSPS) is 29.5. The van der Waals surface area contributed by atoms with Gasteiger partial charge in [-0.2, -0.15) is 0 Å². The maximum atomic E-state index is 14.7. The molecule has 3 rings (SSSR count). The highest BCUT2D eigenvalue weighted by Crippen LogP contribution is 2.40. The van der Waals surface area contributed by atoms with Crippen molar-refractivity contribution in [3.05, 3.63) is 66.2 Å². The number of hydrogen-bond acceptors (Lipinski definition) is 3. The number of alkyl halides is 1. The molecular weight excluding hydrogens is 335 g/mol. The van der Waals surface area contributed by atoms with Crippen LogP contribution in [0.2, 0.25) is 0 Å². The van der Waals surface area contributed by atoms with E-state index in [9.17, 15) is 4.39 Å². The van der Waals surface area contributed by atoms with Gasteiger partial charge < -0.3 is 9.47 Å². The fourth-order valence-electron chi connectivity index (χ4n) is 3.01. The van der Waals surface area contributed by atoms with Gasteiger partial charge in [0.15, 0.2) is 0 Å². The molecule has 0 N–H and O–H groups in total. The summed E-state index contributed by atoms with van der Waals surface area (Å²) < 4.78 is 26.5. The molecule has 4 heteroatoms. The van der Waals surface area contributed by atoms with Gasteiger partial charge in [0.05, 0.1) is 13.2 Å². The summed E-state index contributed by atoms with van der Waals surface area (Å²) in [7, 11) is 0. The van der Waals surface area contributed by atoms with E-state index >= 15 is 0 Å². The van der Waals surface area contributed by atoms with Crippen molar-refractivity contribution in [3.63, 3.8) is 0 Å². The van der Waals surface area contributed by atoms with Gasteiger partial charge in [-0.05, 0) is 29.5 Å². The zero-order valence-corrected chi connectivity index (χ0v) is 15.5. The Morgan fingerprint density at radius 2 is 1.60 bits per heavy atom. The highest BCUT2D eigenvalue weighted by atomic mass is 32.2. The van der Waals surface area contributed by atoms with Crippen molar-refractivity contribution in [2.45, 2.75) is 43.1 Å². The summed E-state index contributed by atoms with van der Waals surface area (Å²) in [6, 6.07) is 20.1. The first kappa shape index (κ1) is 18.4. The van der Waals surface area contributed by atoms with E-state index in [0.717, 1.165) is 10.5 Å². The van der Waals surface area contributed by atoms with Crippen molar-refractivity contribution < 1.29 is 13.9 Å². The van der Waals surface area contributed by atoms with E-state index in [0.29, 0.717) is 6.61 Å². The molecule has 0 amide bonds. The van der Waals surface area contributed by atoms with Crippen LogP contribution in [0.3, 0.4) is 0 Å². The number of thioether (sulfide) groups is 1. The summed E-state index contributed by atoms with van der Waals surface area (Å²) in [4.78, 5) is 1.15. The van der Waals surface area contributed by atoms with Gasteiger partial charge in [-0.1, -0.05) is 74.1 Å². The number of hydrogen-bond donors (Lipinski definition) is 0. The summed E-state index contributed by atoms with van der Waals surface area (Å²) in [5, 5.41) is 0. The van der Waals surface area contributed by atoms with E-state index in [2.05, 4.69) is 19.1 Å². The van der Waals surface area contributed by atoms with Gasteiger partial charge in [0.2, 0.25) is 0 Å². The van der Waals surface area contributed by atoms with Gasteiger partial charge in [-0.3, -0.25) is 0 Å². The summed E-state index contributed by atoms with van der Waals surface area (Å²) in [6.45, 7) is 4.80. The average molecular weight is 360 g/mol. The van der Waals surface area contributed by atoms with Crippen LogP contribution < -0.4 is 0 Å². The number of halogens is 1. The molecule has 1 aliphatic rings. The van der Waals surface area contributed by atoms with Crippen LogP contribution >= 0.6 is 11.8 Å². The maximum absolute atomic E-state index is 14.7. The molecule has 2 unspecified atom stereocenters. The topological polar surface area (TPSA) is 18.5 Å². The molecule has 0 aliphatic carbocycles. The predicted molar refractivity (Wildman–Crippen MR) is 100 cm³/mol. The fraction of sp³-hybridized carbons (Fsp3) is 0.429. The molecule has 25 heavy (non-hydrogen) atoms. The first-order chi connectivity index (χ1) is 12.1. The molecule has 2 aromatic rings.